The molecule has 1 unspecified atom stereocenters. The highest BCUT2D eigenvalue weighted by Crippen LogP contribution is 2.25. The van der Waals surface area contributed by atoms with Crippen LogP contribution in [0.2, 0.25) is 0 Å². The normalized spacial score (nSPS) is 16.8. The number of aromatic nitrogens is 2. The average Bonchev–Trinajstić information content (AvgIpc) is 2.79. The predicted octanol–water partition coefficient (Wildman–Crippen LogP) is 2.61. The van der Waals surface area contributed by atoms with E-state index in [4.69, 9.17) is 0 Å². The molecule has 3 heterocycles. The van der Waals surface area contributed by atoms with Crippen molar-refractivity contribution in [2.45, 2.75) is 10.9 Å². The second-order valence-electron chi connectivity index (χ2n) is 7.33. The quantitative estimate of drug-likeness (QED) is 0.657. The first-order valence-corrected chi connectivity index (χ1v) is 11.4. The van der Waals surface area contributed by atoms with E-state index in [1.165, 1.54) is 10.5 Å². The molecule has 1 N–H and O–H groups in total. The minimum atomic E-state index is -3.53. The Labute approximate surface area is 177 Å². The van der Waals surface area contributed by atoms with Crippen molar-refractivity contribution in [3.8, 4) is 0 Å². The van der Waals surface area contributed by atoms with Crippen LogP contribution in [0.25, 0.3) is 0 Å². The molecule has 0 aliphatic carbocycles. The number of piperazine rings is 1. The predicted molar refractivity (Wildman–Crippen MR) is 117 cm³/mol. The third-order valence-electron chi connectivity index (χ3n) is 5.25. The minimum Gasteiger partial charge on any atom is -0.358 e. The molecule has 0 bridgehead atoms. The SMILES string of the molecule is CN1CCN(S(=O)(=O)c2ccc(NC(c3ccccc3)c3ccccn3)nc2)CC1. The fourth-order valence-corrected chi connectivity index (χ4v) is 4.83. The fraction of sp³-hybridized carbons (Fsp3) is 0.273. The summed E-state index contributed by atoms with van der Waals surface area (Å²) in [5, 5.41) is 3.39. The lowest BCUT2D eigenvalue weighted by Gasteiger charge is -2.31. The Morgan fingerprint density at radius 3 is 2.27 bits per heavy atom. The van der Waals surface area contributed by atoms with Crippen LogP contribution >= 0.6 is 0 Å². The lowest BCUT2D eigenvalue weighted by molar-refractivity contribution is 0.222. The van der Waals surface area contributed by atoms with Gasteiger partial charge >= 0.3 is 0 Å². The Balaban J connectivity index is 1.56. The maximum atomic E-state index is 12.9. The van der Waals surface area contributed by atoms with E-state index in [2.05, 4.69) is 20.2 Å². The van der Waals surface area contributed by atoms with E-state index in [9.17, 15) is 8.42 Å². The van der Waals surface area contributed by atoms with Gasteiger partial charge in [0.05, 0.1) is 11.7 Å². The third kappa shape index (κ3) is 4.51. The van der Waals surface area contributed by atoms with Crippen LogP contribution in [0.4, 0.5) is 5.82 Å². The van der Waals surface area contributed by atoms with Crippen LogP contribution in [0.15, 0.2) is 78.0 Å². The van der Waals surface area contributed by atoms with Gasteiger partial charge in [-0.15, -0.1) is 0 Å². The summed E-state index contributed by atoms with van der Waals surface area (Å²) in [4.78, 5) is 11.2. The van der Waals surface area contributed by atoms with E-state index in [-0.39, 0.29) is 10.9 Å². The van der Waals surface area contributed by atoms with E-state index in [0.29, 0.717) is 18.9 Å². The second kappa shape index (κ2) is 8.91. The van der Waals surface area contributed by atoms with E-state index in [1.807, 2.05) is 55.6 Å². The third-order valence-corrected chi connectivity index (χ3v) is 7.13. The highest BCUT2D eigenvalue weighted by atomic mass is 32.2. The maximum Gasteiger partial charge on any atom is 0.244 e. The number of sulfonamides is 1. The van der Waals surface area contributed by atoms with Crippen molar-refractivity contribution in [3.05, 3.63) is 84.3 Å². The first-order valence-electron chi connectivity index (χ1n) is 9.91. The van der Waals surface area contributed by atoms with Crippen LogP contribution in [0.5, 0.6) is 0 Å². The average molecular weight is 424 g/mol. The van der Waals surface area contributed by atoms with Crippen LogP contribution in [-0.4, -0.2) is 60.8 Å². The van der Waals surface area contributed by atoms with Crippen molar-refractivity contribution in [1.29, 1.82) is 0 Å². The smallest absolute Gasteiger partial charge is 0.244 e. The summed E-state index contributed by atoms with van der Waals surface area (Å²) in [6.07, 6.45) is 3.18. The second-order valence-corrected chi connectivity index (χ2v) is 9.27. The summed E-state index contributed by atoms with van der Waals surface area (Å²) in [7, 11) is -1.53. The van der Waals surface area contributed by atoms with Crippen LogP contribution in [0.3, 0.4) is 0 Å². The van der Waals surface area contributed by atoms with Gasteiger partial charge in [-0.05, 0) is 36.9 Å². The highest BCUT2D eigenvalue weighted by Gasteiger charge is 2.27. The topological polar surface area (TPSA) is 78.4 Å². The van der Waals surface area contributed by atoms with Crippen molar-refractivity contribution in [3.63, 3.8) is 0 Å². The van der Waals surface area contributed by atoms with E-state index >= 15 is 0 Å². The number of benzene rings is 1. The van der Waals surface area contributed by atoms with Crippen LogP contribution in [0, 0.1) is 0 Å². The summed E-state index contributed by atoms with van der Waals surface area (Å²) in [5.41, 5.74) is 1.91. The zero-order valence-corrected chi connectivity index (χ0v) is 17.7. The van der Waals surface area contributed by atoms with Crippen LogP contribution < -0.4 is 5.32 Å². The minimum absolute atomic E-state index is 0.194. The molecule has 1 fully saturated rings. The largest absolute Gasteiger partial charge is 0.358 e. The number of hydrogen-bond donors (Lipinski definition) is 1. The summed E-state index contributed by atoms with van der Waals surface area (Å²) >= 11 is 0. The molecule has 0 spiro atoms. The number of anilines is 1. The molecule has 30 heavy (non-hydrogen) atoms. The summed E-state index contributed by atoms with van der Waals surface area (Å²) in [5.74, 6) is 0.590. The zero-order chi connectivity index (χ0) is 21.0. The molecule has 1 atom stereocenters. The van der Waals surface area contributed by atoms with Crippen molar-refractivity contribution >= 4 is 15.8 Å². The summed E-state index contributed by atoms with van der Waals surface area (Å²) < 4.78 is 27.3. The van der Waals surface area contributed by atoms with E-state index in [0.717, 1.165) is 24.3 Å². The standard InChI is InChI=1S/C22H25N5O2S/c1-26-13-15-27(16-14-26)30(28,29)19-10-11-21(24-17-19)25-22(18-7-3-2-4-8-18)20-9-5-6-12-23-20/h2-12,17,22H,13-16H2,1H3,(H,24,25). The van der Waals surface area contributed by atoms with Gasteiger partial charge in [-0.1, -0.05) is 36.4 Å². The van der Waals surface area contributed by atoms with Gasteiger partial charge in [0.1, 0.15) is 10.7 Å². The Kier molecular flexibility index (Phi) is 6.08. The van der Waals surface area contributed by atoms with Gasteiger partial charge in [0.2, 0.25) is 10.0 Å². The molecule has 0 amide bonds. The van der Waals surface area contributed by atoms with Crippen molar-refractivity contribution in [2.75, 3.05) is 38.5 Å². The maximum absolute atomic E-state index is 12.9. The number of nitrogens with zero attached hydrogens (tertiary/aromatic N) is 4. The fourth-order valence-electron chi connectivity index (χ4n) is 3.46. The first kappa shape index (κ1) is 20.5. The summed E-state index contributed by atoms with van der Waals surface area (Å²) in [6, 6.07) is 18.9. The van der Waals surface area contributed by atoms with Gasteiger partial charge in [0.15, 0.2) is 0 Å². The van der Waals surface area contributed by atoms with Gasteiger partial charge in [-0.25, -0.2) is 13.4 Å². The van der Waals surface area contributed by atoms with Gasteiger partial charge in [0, 0.05) is 38.6 Å². The molecule has 2 aromatic heterocycles. The molecule has 1 aromatic carbocycles. The van der Waals surface area contributed by atoms with Crippen molar-refractivity contribution in [1.82, 2.24) is 19.2 Å². The monoisotopic (exact) mass is 423 g/mol. The molecule has 1 aliphatic heterocycles. The van der Waals surface area contributed by atoms with Crippen LogP contribution in [0.1, 0.15) is 17.3 Å². The van der Waals surface area contributed by atoms with Gasteiger partial charge in [0.25, 0.3) is 0 Å². The number of nitrogens with one attached hydrogen (secondary N) is 1. The number of likely N-dealkylation sites (N-methyl/N-ethyl adjacent to an activating group) is 1. The Hall–Kier alpha value is -2.81. The van der Waals surface area contributed by atoms with E-state index in [1.54, 1.807) is 18.3 Å². The molecule has 1 aliphatic rings. The van der Waals surface area contributed by atoms with Gasteiger partial charge in [-0.3, -0.25) is 4.98 Å². The molecule has 3 aromatic rings. The Morgan fingerprint density at radius 2 is 1.63 bits per heavy atom. The molecule has 0 radical (unpaired) electrons. The molecular weight excluding hydrogens is 398 g/mol. The molecule has 156 valence electrons. The number of hydrogen-bond acceptors (Lipinski definition) is 6. The molecule has 7 nitrogen and oxygen atoms in total. The van der Waals surface area contributed by atoms with Gasteiger partial charge in [-0.2, -0.15) is 4.31 Å². The Morgan fingerprint density at radius 1 is 0.900 bits per heavy atom. The lowest BCUT2D eigenvalue weighted by atomic mass is 10.0. The van der Waals surface area contributed by atoms with Gasteiger partial charge < -0.3 is 10.2 Å². The molecular formula is C22H25N5O2S. The lowest BCUT2D eigenvalue weighted by Crippen LogP contribution is -2.47. The zero-order valence-electron chi connectivity index (χ0n) is 16.8. The Bertz CT molecular complexity index is 1010. The number of rotatable bonds is 6. The van der Waals surface area contributed by atoms with Crippen molar-refractivity contribution < 1.29 is 8.42 Å². The number of pyridine rings is 2. The van der Waals surface area contributed by atoms with Crippen molar-refractivity contribution in [2.24, 2.45) is 0 Å². The molecule has 4 rings (SSSR count). The van der Waals surface area contributed by atoms with E-state index < -0.39 is 10.0 Å². The summed E-state index contributed by atoms with van der Waals surface area (Å²) in [6.45, 7) is 2.45. The highest BCUT2D eigenvalue weighted by molar-refractivity contribution is 7.89. The first-order chi connectivity index (χ1) is 14.5. The molecule has 0 saturated carbocycles. The van der Waals surface area contributed by atoms with Crippen LogP contribution in [-0.2, 0) is 10.0 Å². The molecule has 1 saturated heterocycles. The molecule has 8 heteroatoms.